The molecule has 0 aliphatic rings. The van der Waals surface area contributed by atoms with Crippen molar-refractivity contribution in [1.29, 1.82) is 0 Å². The normalized spacial score (nSPS) is 11.8. The fraction of sp³-hybridized carbons (Fsp3) is 0.154. The number of aromatic nitrogens is 6. The van der Waals surface area contributed by atoms with Gasteiger partial charge >= 0.3 is 6.03 Å². The van der Waals surface area contributed by atoms with E-state index >= 15 is 0 Å². The molecule has 10 nitrogen and oxygen atoms in total. The number of pyridine rings is 2. The Labute approximate surface area is 211 Å². The molecular formula is C26H24FN9O. The molecule has 0 spiro atoms. The van der Waals surface area contributed by atoms with Crippen LogP contribution in [0.1, 0.15) is 25.6 Å². The Bertz CT molecular complexity index is 1540. The zero-order valence-electron chi connectivity index (χ0n) is 20.2. The van der Waals surface area contributed by atoms with Crippen LogP contribution < -0.4 is 16.0 Å². The molecule has 1 aromatic carbocycles. The van der Waals surface area contributed by atoms with Crippen molar-refractivity contribution < 1.29 is 9.18 Å². The van der Waals surface area contributed by atoms with Gasteiger partial charge in [0.2, 0.25) is 11.9 Å². The topological polar surface area (TPSA) is 133 Å². The fourth-order valence-electron chi connectivity index (χ4n) is 3.87. The zero-order chi connectivity index (χ0) is 25.8. The lowest BCUT2D eigenvalue weighted by molar-refractivity contribution is 0.252. The summed E-state index contributed by atoms with van der Waals surface area (Å²) in [7, 11) is 0. The maximum absolute atomic E-state index is 14.8. The first-order valence-electron chi connectivity index (χ1n) is 11.7. The summed E-state index contributed by atoms with van der Waals surface area (Å²) in [4.78, 5) is 37.1. The molecule has 11 heteroatoms. The van der Waals surface area contributed by atoms with Crippen LogP contribution in [0.5, 0.6) is 0 Å². The molecular weight excluding hydrogens is 473 g/mol. The highest BCUT2D eigenvalue weighted by atomic mass is 19.1. The predicted octanol–water partition coefficient (Wildman–Crippen LogP) is 4.93. The summed E-state index contributed by atoms with van der Waals surface area (Å²) in [5.41, 5.74) is 3.99. The number of aromatic amines is 1. The first-order chi connectivity index (χ1) is 18.0. The van der Waals surface area contributed by atoms with Crippen LogP contribution in [0.3, 0.4) is 0 Å². The Balaban J connectivity index is 1.50. The van der Waals surface area contributed by atoms with Crippen LogP contribution >= 0.6 is 0 Å². The van der Waals surface area contributed by atoms with Gasteiger partial charge in [0.25, 0.3) is 0 Å². The Kier molecular flexibility index (Phi) is 6.66. The van der Waals surface area contributed by atoms with Gasteiger partial charge in [0.05, 0.1) is 17.3 Å². The molecule has 2 amide bonds. The van der Waals surface area contributed by atoms with Gasteiger partial charge in [0.15, 0.2) is 0 Å². The average Bonchev–Trinajstić information content (AvgIpc) is 3.32. The molecule has 0 fully saturated rings. The number of anilines is 2. The van der Waals surface area contributed by atoms with Crippen molar-refractivity contribution in [2.24, 2.45) is 0 Å². The van der Waals surface area contributed by atoms with E-state index in [4.69, 9.17) is 0 Å². The number of imidazole rings is 1. The van der Waals surface area contributed by atoms with Crippen LogP contribution in [0.15, 0.2) is 67.3 Å². The molecule has 0 aliphatic carbocycles. The summed E-state index contributed by atoms with van der Waals surface area (Å²) >= 11 is 0. The summed E-state index contributed by atoms with van der Waals surface area (Å²) in [5.74, 6) is 0.199. The summed E-state index contributed by atoms with van der Waals surface area (Å²) < 4.78 is 14.8. The lowest BCUT2D eigenvalue weighted by atomic mass is 10.0. The third-order valence-corrected chi connectivity index (χ3v) is 5.63. The Hall–Kier alpha value is -4.93. The standard InChI is InChI=1S/C26H24FN9O/c1-3-28-26(37)36-25-34-21-12-16(11-18(23(21)35-25)22-19(27)7-6-10-30-22)17-13-31-24(32-14-17)33-15(2)20-8-4-5-9-29-20/h4-15H,3H2,1-2H3,(H,31,32,33)(H3,28,34,35,36,37). The van der Waals surface area contributed by atoms with Crippen LogP contribution in [-0.2, 0) is 0 Å². The Morgan fingerprint density at radius 1 is 1.03 bits per heavy atom. The molecule has 1 unspecified atom stereocenters. The predicted molar refractivity (Wildman–Crippen MR) is 139 cm³/mol. The van der Waals surface area contributed by atoms with Crippen molar-refractivity contribution in [3.05, 3.63) is 78.8 Å². The SMILES string of the molecule is CCNC(=O)Nc1nc2c(-c3ncccc3F)cc(-c3cnc(NC(C)c4ccccn4)nc3)cc2[nH]1. The minimum absolute atomic E-state index is 0.0806. The molecule has 4 N–H and O–H groups in total. The van der Waals surface area contributed by atoms with E-state index in [0.717, 1.165) is 11.3 Å². The van der Waals surface area contributed by atoms with Crippen LogP contribution in [0, 0.1) is 5.82 Å². The molecule has 0 bridgehead atoms. The minimum atomic E-state index is -0.485. The second kappa shape index (κ2) is 10.4. The van der Waals surface area contributed by atoms with Gasteiger partial charge in [-0.1, -0.05) is 6.07 Å². The van der Waals surface area contributed by atoms with Crippen LogP contribution in [-0.4, -0.2) is 42.5 Å². The van der Waals surface area contributed by atoms with Crippen molar-refractivity contribution in [2.45, 2.75) is 19.9 Å². The van der Waals surface area contributed by atoms with Crippen molar-refractivity contribution in [2.75, 3.05) is 17.2 Å². The van der Waals surface area contributed by atoms with E-state index in [9.17, 15) is 9.18 Å². The second-order valence-electron chi connectivity index (χ2n) is 8.24. The van der Waals surface area contributed by atoms with Crippen molar-refractivity contribution >= 4 is 29.0 Å². The van der Waals surface area contributed by atoms with E-state index in [1.807, 2.05) is 38.1 Å². The lowest BCUT2D eigenvalue weighted by Gasteiger charge is -2.13. The van der Waals surface area contributed by atoms with E-state index in [1.165, 1.54) is 18.3 Å². The maximum Gasteiger partial charge on any atom is 0.321 e. The number of fused-ring (bicyclic) bond motifs is 1. The van der Waals surface area contributed by atoms with Crippen LogP contribution in [0.4, 0.5) is 21.1 Å². The zero-order valence-corrected chi connectivity index (χ0v) is 20.2. The second-order valence-corrected chi connectivity index (χ2v) is 8.24. The fourth-order valence-corrected chi connectivity index (χ4v) is 3.87. The maximum atomic E-state index is 14.8. The summed E-state index contributed by atoms with van der Waals surface area (Å²) in [5, 5.41) is 8.54. The van der Waals surface area contributed by atoms with E-state index in [-0.39, 0.29) is 17.7 Å². The Morgan fingerprint density at radius 2 is 1.84 bits per heavy atom. The summed E-state index contributed by atoms with van der Waals surface area (Å²) in [6.45, 7) is 4.26. The van der Waals surface area contributed by atoms with Crippen LogP contribution in [0.2, 0.25) is 0 Å². The number of carbonyl (C=O) groups excluding carboxylic acids is 1. The molecule has 1 atom stereocenters. The molecule has 5 aromatic rings. The van der Waals surface area contributed by atoms with Crippen molar-refractivity contribution in [3.8, 4) is 22.4 Å². The van der Waals surface area contributed by atoms with Gasteiger partial charge in [-0.25, -0.2) is 24.1 Å². The van der Waals surface area contributed by atoms with E-state index in [0.29, 0.717) is 34.7 Å². The van der Waals surface area contributed by atoms with Crippen LogP contribution in [0.25, 0.3) is 33.4 Å². The molecule has 0 radical (unpaired) electrons. The number of carbonyl (C=O) groups is 1. The highest BCUT2D eigenvalue weighted by molar-refractivity contribution is 5.98. The number of nitrogens with one attached hydrogen (secondary N) is 4. The van der Waals surface area contributed by atoms with E-state index < -0.39 is 11.8 Å². The third-order valence-electron chi connectivity index (χ3n) is 5.63. The molecule has 0 saturated heterocycles. The lowest BCUT2D eigenvalue weighted by Crippen LogP contribution is -2.28. The summed E-state index contributed by atoms with van der Waals surface area (Å²) in [6.07, 6.45) is 6.63. The van der Waals surface area contributed by atoms with E-state index in [2.05, 4.69) is 45.9 Å². The van der Waals surface area contributed by atoms with Gasteiger partial charge < -0.3 is 15.6 Å². The smallest absolute Gasteiger partial charge is 0.321 e. The van der Waals surface area contributed by atoms with Gasteiger partial charge in [-0.3, -0.25) is 15.3 Å². The van der Waals surface area contributed by atoms with Gasteiger partial charge in [-0.05, 0) is 55.8 Å². The van der Waals surface area contributed by atoms with Gasteiger partial charge in [0, 0.05) is 42.5 Å². The number of halogens is 1. The highest BCUT2D eigenvalue weighted by Crippen LogP contribution is 2.34. The molecule has 0 saturated carbocycles. The van der Waals surface area contributed by atoms with E-state index in [1.54, 1.807) is 24.7 Å². The average molecular weight is 498 g/mol. The van der Waals surface area contributed by atoms with Gasteiger partial charge in [-0.15, -0.1) is 0 Å². The van der Waals surface area contributed by atoms with Gasteiger partial charge in [0.1, 0.15) is 17.0 Å². The molecule has 37 heavy (non-hydrogen) atoms. The number of hydrogen-bond acceptors (Lipinski definition) is 7. The quantitative estimate of drug-likeness (QED) is 0.250. The number of rotatable bonds is 7. The molecule has 5 rings (SSSR count). The number of H-pyrrole nitrogens is 1. The monoisotopic (exact) mass is 497 g/mol. The highest BCUT2D eigenvalue weighted by Gasteiger charge is 2.17. The largest absolute Gasteiger partial charge is 0.346 e. The molecule has 4 heterocycles. The van der Waals surface area contributed by atoms with Crippen molar-refractivity contribution in [1.82, 2.24) is 35.2 Å². The minimum Gasteiger partial charge on any atom is -0.346 e. The number of urea groups is 1. The molecule has 0 aliphatic heterocycles. The number of nitrogens with zero attached hydrogens (tertiary/aromatic N) is 5. The first kappa shape index (κ1) is 23.8. The first-order valence-corrected chi connectivity index (χ1v) is 11.7. The number of amides is 2. The number of hydrogen-bond donors (Lipinski definition) is 4. The van der Waals surface area contributed by atoms with Gasteiger partial charge in [-0.2, -0.15) is 0 Å². The number of benzene rings is 1. The Morgan fingerprint density at radius 3 is 2.57 bits per heavy atom. The molecule has 186 valence electrons. The summed E-state index contributed by atoms with van der Waals surface area (Å²) in [6, 6.07) is 11.7. The third kappa shape index (κ3) is 5.20. The molecule has 4 aromatic heterocycles. The van der Waals surface area contributed by atoms with Crippen molar-refractivity contribution in [3.63, 3.8) is 0 Å².